The van der Waals surface area contributed by atoms with E-state index in [9.17, 15) is 4.79 Å². The van der Waals surface area contributed by atoms with Crippen LogP contribution in [0.4, 0.5) is 0 Å². The van der Waals surface area contributed by atoms with Crippen molar-refractivity contribution in [2.45, 2.75) is 11.0 Å². The van der Waals surface area contributed by atoms with E-state index >= 15 is 0 Å². The summed E-state index contributed by atoms with van der Waals surface area (Å²) in [6, 6.07) is 16.1. The van der Waals surface area contributed by atoms with Crippen molar-refractivity contribution in [1.29, 1.82) is 0 Å². The Labute approximate surface area is 210 Å². The highest BCUT2D eigenvalue weighted by molar-refractivity contribution is 9.10. The van der Waals surface area contributed by atoms with E-state index in [4.69, 9.17) is 16.0 Å². The molecular formula is C23H14BrClN6O2S. The molecule has 0 fully saturated rings. The van der Waals surface area contributed by atoms with Gasteiger partial charge >= 0.3 is 0 Å². The molecule has 5 rings (SSSR count). The average molecular weight is 554 g/mol. The lowest BCUT2D eigenvalue weighted by Crippen LogP contribution is -2.22. The molecule has 0 N–H and O–H groups in total. The summed E-state index contributed by atoms with van der Waals surface area (Å²) in [6.07, 6.45) is 4.90. The molecule has 0 amide bonds. The van der Waals surface area contributed by atoms with Gasteiger partial charge in [-0.15, -0.1) is 10.2 Å². The number of aromatic nitrogens is 5. The van der Waals surface area contributed by atoms with Crippen molar-refractivity contribution in [3.8, 4) is 11.5 Å². The zero-order chi connectivity index (χ0) is 23.5. The highest BCUT2D eigenvalue weighted by Crippen LogP contribution is 2.25. The zero-order valence-electron chi connectivity index (χ0n) is 17.3. The van der Waals surface area contributed by atoms with Crippen molar-refractivity contribution >= 4 is 56.4 Å². The van der Waals surface area contributed by atoms with Gasteiger partial charge in [-0.2, -0.15) is 9.78 Å². The van der Waals surface area contributed by atoms with E-state index in [1.807, 2.05) is 18.2 Å². The highest BCUT2D eigenvalue weighted by atomic mass is 79.9. The molecular weight excluding hydrogens is 540 g/mol. The summed E-state index contributed by atoms with van der Waals surface area (Å²) >= 11 is 10.6. The molecule has 0 spiro atoms. The predicted octanol–water partition coefficient (Wildman–Crippen LogP) is 5.43. The number of rotatable bonds is 6. The molecule has 0 unspecified atom stereocenters. The number of nitrogens with zero attached hydrogens (tertiary/aromatic N) is 6. The van der Waals surface area contributed by atoms with Crippen molar-refractivity contribution < 1.29 is 4.42 Å². The van der Waals surface area contributed by atoms with Crippen LogP contribution in [0.5, 0.6) is 0 Å². The molecule has 168 valence electrons. The van der Waals surface area contributed by atoms with Gasteiger partial charge in [0.2, 0.25) is 5.89 Å². The molecule has 0 saturated carbocycles. The van der Waals surface area contributed by atoms with Crippen LogP contribution in [-0.2, 0) is 5.75 Å². The van der Waals surface area contributed by atoms with Crippen LogP contribution in [0, 0.1) is 0 Å². The van der Waals surface area contributed by atoms with Crippen LogP contribution in [0.1, 0.15) is 11.4 Å². The molecule has 3 heterocycles. The van der Waals surface area contributed by atoms with Gasteiger partial charge in [0.1, 0.15) is 5.82 Å². The van der Waals surface area contributed by atoms with Gasteiger partial charge in [-0.3, -0.25) is 9.78 Å². The molecule has 0 aliphatic carbocycles. The molecule has 2 aromatic carbocycles. The molecule has 5 aromatic rings. The van der Waals surface area contributed by atoms with Crippen molar-refractivity contribution in [2.24, 2.45) is 5.10 Å². The maximum absolute atomic E-state index is 13.3. The minimum atomic E-state index is -0.282. The third-order valence-corrected chi connectivity index (χ3v) is 6.29. The van der Waals surface area contributed by atoms with Gasteiger partial charge in [0, 0.05) is 27.5 Å². The lowest BCUT2D eigenvalue weighted by Gasteiger charge is -2.08. The van der Waals surface area contributed by atoms with E-state index in [0.29, 0.717) is 32.9 Å². The van der Waals surface area contributed by atoms with E-state index in [0.717, 1.165) is 15.6 Å². The highest BCUT2D eigenvalue weighted by Gasteiger charge is 2.14. The minimum absolute atomic E-state index is 0.282. The number of halogens is 2. The SMILES string of the molecule is O=c1c2cc(Br)ccc2nc(CSc2nnc(-c3ccncc3)o2)n1/N=C/c1ccc(Cl)cc1. The second kappa shape index (κ2) is 9.88. The first kappa shape index (κ1) is 22.5. The molecule has 3 aromatic heterocycles. The van der Waals surface area contributed by atoms with E-state index in [1.165, 1.54) is 16.4 Å². The number of benzene rings is 2. The fourth-order valence-corrected chi connectivity index (χ4v) is 4.25. The normalized spacial score (nSPS) is 11.5. The Bertz CT molecular complexity index is 1550. The number of hydrogen-bond acceptors (Lipinski definition) is 8. The topological polar surface area (TPSA) is 99.1 Å². The van der Waals surface area contributed by atoms with Crippen LogP contribution in [0.25, 0.3) is 22.4 Å². The van der Waals surface area contributed by atoms with Crippen LogP contribution >= 0.6 is 39.3 Å². The van der Waals surface area contributed by atoms with Gasteiger partial charge < -0.3 is 4.42 Å². The van der Waals surface area contributed by atoms with Gasteiger partial charge in [-0.05, 0) is 48.0 Å². The van der Waals surface area contributed by atoms with E-state index in [2.05, 4.69) is 41.2 Å². The maximum atomic E-state index is 13.3. The second-order valence-electron chi connectivity index (χ2n) is 7.00. The number of fused-ring (bicyclic) bond motifs is 1. The van der Waals surface area contributed by atoms with Crippen molar-refractivity contribution in [3.05, 3.63) is 98.2 Å². The largest absolute Gasteiger partial charge is 0.411 e. The second-order valence-corrected chi connectivity index (χ2v) is 9.28. The third kappa shape index (κ3) is 4.93. The Morgan fingerprint density at radius 2 is 1.88 bits per heavy atom. The summed E-state index contributed by atoms with van der Waals surface area (Å²) in [6.45, 7) is 0. The molecule has 0 aliphatic rings. The monoisotopic (exact) mass is 552 g/mol. The van der Waals surface area contributed by atoms with Gasteiger partial charge in [0.25, 0.3) is 10.8 Å². The van der Waals surface area contributed by atoms with Gasteiger partial charge in [0.05, 0.1) is 22.9 Å². The van der Waals surface area contributed by atoms with Crippen LogP contribution in [-0.4, -0.2) is 31.1 Å². The van der Waals surface area contributed by atoms with E-state index in [-0.39, 0.29) is 11.3 Å². The lowest BCUT2D eigenvalue weighted by molar-refractivity contribution is 0.465. The summed E-state index contributed by atoms with van der Waals surface area (Å²) in [4.78, 5) is 21.9. The lowest BCUT2D eigenvalue weighted by atomic mass is 10.2. The first-order chi connectivity index (χ1) is 16.6. The van der Waals surface area contributed by atoms with Crippen molar-refractivity contribution in [2.75, 3.05) is 0 Å². The summed E-state index contributed by atoms with van der Waals surface area (Å²) in [5, 5.41) is 14.0. The van der Waals surface area contributed by atoms with Crippen LogP contribution in [0.2, 0.25) is 5.02 Å². The average Bonchev–Trinajstić information content (AvgIpc) is 3.33. The minimum Gasteiger partial charge on any atom is -0.411 e. The molecule has 8 nitrogen and oxygen atoms in total. The van der Waals surface area contributed by atoms with E-state index < -0.39 is 0 Å². The fraction of sp³-hybridized carbons (Fsp3) is 0.0435. The number of pyridine rings is 1. The Morgan fingerprint density at radius 3 is 2.68 bits per heavy atom. The molecule has 0 atom stereocenters. The van der Waals surface area contributed by atoms with Gasteiger partial charge in [-0.25, -0.2) is 4.98 Å². The Balaban J connectivity index is 1.48. The third-order valence-electron chi connectivity index (χ3n) is 4.73. The van der Waals surface area contributed by atoms with Gasteiger partial charge in [0.15, 0.2) is 0 Å². The fourth-order valence-electron chi connectivity index (χ4n) is 3.09. The standard InChI is InChI=1S/C23H14BrClN6O2S/c24-16-3-6-19-18(11-16)22(32)31(27-12-14-1-4-17(25)5-2-14)20(28-19)13-34-23-30-29-21(33-23)15-7-9-26-10-8-15/h1-12H,13H2/b27-12+. The predicted molar refractivity (Wildman–Crippen MR) is 135 cm³/mol. The Hall–Kier alpha value is -3.34. The smallest absolute Gasteiger partial charge is 0.282 e. The molecule has 0 aliphatic heterocycles. The van der Waals surface area contributed by atoms with Crippen molar-refractivity contribution in [3.63, 3.8) is 0 Å². The van der Waals surface area contributed by atoms with Gasteiger partial charge in [-0.1, -0.05) is 51.4 Å². The Kier molecular flexibility index (Phi) is 6.52. The summed E-state index contributed by atoms with van der Waals surface area (Å²) < 4.78 is 7.82. The molecule has 11 heteroatoms. The summed E-state index contributed by atoms with van der Waals surface area (Å²) in [7, 11) is 0. The first-order valence-corrected chi connectivity index (χ1v) is 12.1. The van der Waals surface area contributed by atoms with Crippen molar-refractivity contribution in [1.82, 2.24) is 24.8 Å². The molecule has 34 heavy (non-hydrogen) atoms. The zero-order valence-corrected chi connectivity index (χ0v) is 20.5. The maximum Gasteiger partial charge on any atom is 0.282 e. The summed E-state index contributed by atoms with van der Waals surface area (Å²) in [5.74, 6) is 1.12. The molecule has 0 radical (unpaired) electrons. The van der Waals surface area contributed by atoms with Crippen LogP contribution in [0.3, 0.4) is 0 Å². The van der Waals surface area contributed by atoms with Crippen LogP contribution < -0.4 is 5.56 Å². The first-order valence-electron chi connectivity index (χ1n) is 9.95. The number of hydrogen-bond donors (Lipinski definition) is 0. The molecule has 0 bridgehead atoms. The quantitative estimate of drug-likeness (QED) is 0.204. The Morgan fingerprint density at radius 1 is 1.09 bits per heavy atom. The van der Waals surface area contributed by atoms with Crippen LogP contribution in [0.15, 0.2) is 91.0 Å². The van der Waals surface area contributed by atoms with E-state index in [1.54, 1.807) is 55.0 Å². The molecule has 0 saturated heterocycles. The number of thioether (sulfide) groups is 1. The summed E-state index contributed by atoms with van der Waals surface area (Å²) in [5.41, 5.74) is 1.86.